The molecule has 0 heterocycles. The molecule has 13 rings (SSSR count). The number of ether oxygens (including phenoxy) is 2. The number of rotatable bonds is 19. The van der Waals surface area contributed by atoms with E-state index in [9.17, 15) is 4.79 Å². The van der Waals surface area contributed by atoms with Crippen molar-refractivity contribution in [2.24, 2.45) is 21.7 Å². The third kappa shape index (κ3) is 7.88. The molecule has 3 heteroatoms. The number of hydrogen-bond acceptors (Lipinski definition) is 3. The highest BCUT2D eigenvalue weighted by Crippen LogP contribution is 2.81. The summed E-state index contributed by atoms with van der Waals surface area (Å²) >= 11 is 0. The van der Waals surface area contributed by atoms with Crippen molar-refractivity contribution in [3.05, 3.63) is 186 Å². The Balaban J connectivity index is 0.747. The lowest BCUT2D eigenvalue weighted by molar-refractivity contribution is -0.139. The highest BCUT2D eigenvalue weighted by atomic mass is 16.5. The molecule has 0 unspecified atom stereocenters. The van der Waals surface area contributed by atoms with E-state index in [4.69, 9.17) is 9.47 Å². The largest absolute Gasteiger partial charge is 0.494 e. The van der Waals surface area contributed by atoms with E-state index in [2.05, 4.69) is 187 Å². The Morgan fingerprint density at radius 1 is 0.425 bits per heavy atom. The van der Waals surface area contributed by atoms with E-state index in [1.807, 2.05) is 0 Å². The molecule has 7 aromatic carbocycles. The summed E-state index contributed by atoms with van der Waals surface area (Å²) in [5.74, 6) is 0.656. The lowest BCUT2D eigenvalue weighted by Gasteiger charge is -2.47. The van der Waals surface area contributed by atoms with Crippen molar-refractivity contribution >= 4 is 5.97 Å². The van der Waals surface area contributed by atoms with Crippen LogP contribution in [0.4, 0.5) is 0 Å². The number of carbonyl (C=O) groups is 1. The minimum absolute atomic E-state index is 0.00879. The lowest BCUT2D eigenvalue weighted by Crippen LogP contribution is -2.45. The summed E-state index contributed by atoms with van der Waals surface area (Å²) in [4.78, 5) is 11.5. The molecule has 0 atom stereocenters. The van der Waals surface area contributed by atoms with Crippen LogP contribution in [0, 0.1) is 28.6 Å². The van der Waals surface area contributed by atoms with Gasteiger partial charge in [-0.2, -0.15) is 0 Å². The van der Waals surface area contributed by atoms with Crippen molar-refractivity contribution in [1.29, 1.82) is 0 Å². The zero-order chi connectivity index (χ0) is 55.1. The van der Waals surface area contributed by atoms with Gasteiger partial charge in [-0.25, -0.2) is 4.79 Å². The Labute approximate surface area is 478 Å². The standard InChI is InChI=1S/C77H84O3/c1-8-74-42-44-75(9-2,45-43-74)77(74)69-49-59(56-20-18-53(5)19-21-56)29-35-65(69)66-37-31-61(51-70(66)77)60-30-36-64-63-34-28-58(48-67(63)76(68(64)50-60)72(6)38-40-73(76,7)41-39-72)57-24-22-54(23-25-57)55-26-32-62(33-27-55)79-46-16-14-12-10-11-13-15-17-47-80-71(78)52(3)4/h18-37,48-51H,3,8-17,38-47H2,1-2,4-7H3. The molecular weight excluding hydrogens is 973 g/mol. The summed E-state index contributed by atoms with van der Waals surface area (Å²) in [5, 5.41) is 0. The predicted molar refractivity (Wildman–Crippen MR) is 332 cm³/mol. The highest BCUT2D eigenvalue weighted by Gasteiger charge is 2.74. The second-order valence-electron chi connectivity index (χ2n) is 26.5. The first-order chi connectivity index (χ1) is 38.8. The highest BCUT2D eigenvalue weighted by molar-refractivity contribution is 5.91. The first-order valence-corrected chi connectivity index (χ1v) is 31.2. The van der Waals surface area contributed by atoms with Crippen molar-refractivity contribution in [3.63, 3.8) is 0 Å². The van der Waals surface area contributed by atoms with Crippen LogP contribution in [0.2, 0.25) is 0 Å². The Hall–Kier alpha value is -6.45. The molecule has 0 amide bonds. The number of benzene rings is 7. The van der Waals surface area contributed by atoms with Crippen molar-refractivity contribution in [3.8, 4) is 72.5 Å². The van der Waals surface area contributed by atoms with E-state index in [0.717, 1.165) is 31.6 Å². The molecule has 0 radical (unpaired) electrons. The number of fused-ring (bicyclic) bond motifs is 6. The number of unbranched alkanes of at least 4 members (excludes halogenated alkanes) is 7. The Morgan fingerprint density at radius 2 is 0.750 bits per heavy atom. The van der Waals surface area contributed by atoms with Gasteiger partial charge in [-0.3, -0.25) is 0 Å². The van der Waals surface area contributed by atoms with Crippen LogP contribution in [-0.2, 0) is 20.4 Å². The van der Waals surface area contributed by atoms with Gasteiger partial charge in [0, 0.05) is 16.4 Å². The van der Waals surface area contributed by atoms with Crippen LogP contribution in [-0.4, -0.2) is 19.2 Å². The number of hydrogen-bond donors (Lipinski definition) is 0. The van der Waals surface area contributed by atoms with Gasteiger partial charge in [0.25, 0.3) is 0 Å². The fraction of sp³-hybridized carbons (Fsp3) is 0.416. The smallest absolute Gasteiger partial charge is 0.333 e. The maximum absolute atomic E-state index is 11.5. The molecule has 3 nitrogen and oxygen atoms in total. The van der Waals surface area contributed by atoms with E-state index in [-0.39, 0.29) is 38.5 Å². The average molecular weight is 1060 g/mol. The van der Waals surface area contributed by atoms with Gasteiger partial charge in [0.2, 0.25) is 0 Å². The molecule has 4 fully saturated rings. The monoisotopic (exact) mass is 1060 g/mol. The van der Waals surface area contributed by atoms with Gasteiger partial charge in [0.05, 0.1) is 13.2 Å². The molecule has 4 saturated carbocycles. The van der Waals surface area contributed by atoms with Gasteiger partial charge in [-0.15, -0.1) is 0 Å². The topological polar surface area (TPSA) is 35.5 Å². The van der Waals surface area contributed by atoms with Gasteiger partial charge in [-0.1, -0.05) is 188 Å². The molecule has 2 spiro atoms. The minimum Gasteiger partial charge on any atom is -0.494 e. The normalized spacial score (nSPS) is 26.0. The molecule has 0 aromatic heterocycles. The second-order valence-corrected chi connectivity index (χ2v) is 26.5. The van der Waals surface area contributed by atoms with Gasteiger partial charge < -0.3 is 9.47 Å². The molecule has 6 aliphatic rings. The minimum atomic E-state index is -0.280. The summed E-state index contributed by atoms with van der Waals surface area (Å²) in [6.07, 6.45) is 22.0. The predicted octanol–water partition coefficient (Wildman–Crippen LogP) is 20.8. The van der Waals surface area contributed by atoms with Crippen molar-refractivity contribution in [2.45, 2.75) is 168 Å². The van der Waals surface area contributed by atoms with Gasteiger partial charge >= 0.3 is 5.97 Å². The number of aryl methyl sites for hydroxylation is 1. The molecule has 4 bridgehead atoms. The van der Waals surface area contributed by atoms with Crippen LogP contribution >= 0.6 is 0 Å². The van der Waals surface area contributed by atoms with Crippen molar-refractivity contribution in [1.82, 2.24) is 0 Å². The van der Waals surface area contributed by atoms with Crippen LogP contribution in [0.25, 0.3) is 66.8 Å². The summed E-state index contributed by atoms with van der Waals surface area (Å²) in [5.41, 5.74) is 25.4. The van der Waals surface area contributed by atoms with E-state index in [1.165, 1.54) is 169 Å². The van der Waals surface area contributed by atoms with E-state index < -0.39 is 0 Å². The molecule has 410 valence electrons. The van der Waals surface area contributed by atoms with Crippen molar-refractivity contribution in [2.75, 3.05) is 13.2 Å². The van der Waals surface area contributed by atoms with Crippen LogP contribution < -0.4 is 4.74 Å². The maximum Gasteiger partial charge on any atom is 0.333 e. The zero-order valence-corrected chi connectivity index (χ0v) is 48.9. The molecule has 0 aliphatic heterocycles. The fourth-order valence-corrected chi connectivity index (χ4v) is 18.5. The van der Waals surface area contributed by atoms with Crippen LogP contribution in [0.15, 0.2) is 158 Å². The summed E-state index contributed by atoms with van der Waals surface area (Å²) < 4.78 is 11.4. The lowest BCUT2D eigenvalue weighted by atomic mass is 9.55. The first-order valence-electron chi connectivity index (χ1n) is 31.2. The SMILES string of the molecule is C=C(C)C(=O)OCCCCCCCCCCOc1ccc(-c2ccc(-c3ccc4c(c3)C3(c5cc(-c6ccc7c(c6)C6(c8cc(-c9ccc(C)cc9)ccc8-7)C7(CC)CCC6(CC)CC7)ccc5-4)C4(C)CCC3(C)CC4)cc2)cc1. The fourth-order valence-electron chi connectivity index (χ4n) is 18.5. The van der Waals surface area contributed by atoms with Gasteiger partial charge in [-0.05, 0) is 238 Å². The van der Waals surface area contributed by atoms with E-state index in [1.54, 1.807) is 29.2 Å². The second kappa shape index (κ2) is 20.2. The molecule has 7 aromatic rings. The summed E-state index contributed by atoms with van der Waals surface area (Å²) in [7, 11) is 0. The van der Waals surface area contributed by atoms with Crippen LogP contribution in [0.3, 0.4) is 0 Å². The average Bonchev–Trinajstić information content (AvgIpc) is 1.98. The van der Waals surface area contributed by atoms with Gasteiger partial charge in [0.15, 0.2) is 0 Å². The summed E-state index contributed by atoms with van der Waals surface area (Å²) in [6.45, 7) is 19.1. The zero-order valence-electron chi connectivity index (χ0n) is 48.9. The van der Waals surface area contributed by atoms with E-state index >= 15 is 0 Å². The third-order valence-corrected chi connectivity index (χ3v) is 22.7. The molecular formula is C77H84O3. The van der Waals surface area contributed by atoms with E-state index in [0.29, 0.717) is 12.2 Å². The quantitative estimate of drug-likeness (QED) is 0.0460. The first kappa shape index (κ1) is 52.9. The molecule has 80 heavy (non-hydrogen) atoms. The van der Waals surface area contributed by atoms with Crippen LogP contribution in [0.5, 0.6) is 5.75 Å². The third-order valence-electron chi connectivity index (χ3n) is 22.7. The van der Waals surface area contributed by atoms with Crippen molar-refractivity contribution < 1.29 is 14.3 Å². The Bertz CT molecular complexity index is 3460. The molecule has 0 N–H and O–H groups in total. The van der Waals surface area contributed by atoms with Gasteiger partial charge in [0.1, 0.15) is 5.75 Å². The number of esters is 1. The Kier molecular flexibility index (Phi) is 13.4. The molecule has 0 saturated heterocycles. The Morgan fingerprint density at radius 3 is 1.15 bits per heavy atom. The summed E-state index contributed by atoms with van der Waals surface area (Å²) in [6, 6.07) is 57.7. The molecule has 6 aliphatic carbocycles. The maximum atomic E-state index is 11.5. The van der Waals surface area contributed by atoms with Crippen LogP contribution in [0.1, 0.15) is 178 Å². The number of carbonyl (C=O) groups excluding carboxylic acids is 1.